The number of aliphatic hydroxyl groups is 1. The first-order chi connectivity index (χ1) is 18.9. The SMILES string of the molecule is CCOc1ccc(N2C(=O)C(=O)/C(=C(/O)c3cc(C(C)C)c(OC)cc3C)C2c2ccc(C(C)(C)C)cc2)cc1. The van der Waals surface area contributed by atoms with E-state index in [1.54, 1.807) is 31.4 Å². The van der Waals surface area contributed by atoms with Crippen molar-refractivity contribution in [3.63, 3.8) is 0 Å². The Bertz CT molecular complexity index is 1440. The van der Waals surface area contributed by atoms with Crippen LogP contribution in [-0.2, 0) is 15.0 Å². The molecule has 6 heteroatoms. The summed E-state index contributed by atoms with van der Waals surface area (Å²) >= 11 is 0. The minimum atomic E-state index is -0.809. The number of methoxy groups -OCH3 is 1. The standard InChI is InChI=1S/C34H39NO5/c1-9-40-25-16-14-24(15-17-25)35-30(22-10-12-23(13-11-22)34(5,6)7)29(32(37)33(35)38)31(36)27-19-26(20(2)3)28(39-8)18-21(27)4/h10-20,30,36H,9H2,1-8H3/b31-29+. The zero-order valence-corrected chi connectivity index (χ0v) is 24.7. The lowest BCUT2D eigenvalue weighted by Gasteiger charge is -2.27. The molecule has 1 amide bonds. The largest absolute Gasteiger partial charge is 0.507 e. The molecular weight excluding hydrogens is 502 g/mol. The lowest BCUT2D eigenvalue weighted by atomic mass is 9.85. The quantitative estimate of drug-likeness (QED) is 0.191. The van der Waals surface area contributed by atoms with Gasteiger partial charge in [-0.1, -0.05) is 58.9 Å². The number of carbonyl (C=O) groups excluding carboxylic acids is 2. The molecule has 6 nitrogen and oxygen atoms in total. The van der Waals surface area contributed by atoms with E-state index in [4.69, 9.17) is 9.47 Å². The number of Topliss-reactive ketones (excluding diaryl/α,β-unsaturated/α-hetero) is 1. The predicted octanol–water partition coefficient (Wildman–Crippen LogP) is 7.45. The first-order valence-electron chi connectivity index (χ1n) is 13.7. The first-order valence-corrected chi connectivity index (χ1v) is 13.7. The highest BCUT2D eigenvalue weighted by molar-refractivity contribution is 6.51. The van der Waals surface area contributed by atoms with E-state index in [1.165, 1.54) is 4.90 Å². The maximum Gasteiger partial charge on any atom is 0.300 e. The number of anilines is 1. The van der Waals surface area contributed by atoms with Crippen LogP contribution in [0.15, 0.2) is 66.2 Å². The van der Waals surface area contributed by atoms with Crippen molar-refractivity contribution < 1.29 is 24.2 Å². The van der Waals surface area contributed by atoms with Gasteiger partial charge in [0.1, 0.15) is 17.3 Å². The van der Waals surface area contributed by atoms with Crippen LogP contribution in [0.2, 0.25) is 0 Å². The summed E-state index contributed by atoms with van der Waals surface area (Å²) in [6.07, 6.45) is 0. The van der Waals surface area contributed by atoms with Crippen LogP contribution in [0.1, 0.15) is 81.3 Å². The number of rotatable bonds is 7. The van der Waals surface area contributed by atoms with Gasteiger partial charge in [0.2, 0.25) is 0 Å². The Labute approximate surface area is 237 Å². The van der Waals surface area contributed by atoms with Gasteiger partial charge in [0.25, 0.3) is 11.7 Å². The maximum absolute atomic E-state index is 13.7. The Balaban J connectivity index is 1.95. The van der Waals surface area contributed by atoms with Gasteiger partial charge >= 0.3 is 0 Å². The number of ether oxygens (including phenoxy) is 2. The van der Waals surface area contributed by atoms with Gasteiger partial charge in [0.15, 0.2) is 0 Å². The molecule has 0 bridgehead atoms. The molecule has 40 heavy (non-hydrogen) atoms. The molecule has 3 aromatic carbocycles. The monoisotopic (exact) mass is 541 g/mol. The predicted molar refractivity (Wildman–Crippen MR) is 159 cm³/mol. The van der Waals surface area contributed by atoms with Crippen molar-refractivity contribution in [3.05, 3.63) is 94.1 Å². The van der Waals surface area contributed by atoms with Gasteiger partial charge in [-0.2, -0.15) is 0 Å². The van der Waals surface area contributed by atoms with Crippen molar-refractivity contribution in [2.45, 2.75) is 65.8 Å². The van der Waals surface area contributed by atoms with Crippen molar-refractivity contribution in [1.29, 1.82) is 0 Å². The van der Waals surface area contributed by atoms with Gasteiger partial charge < -0.3 is 14.6 Å². The summed E-state index contributed by atoms with van der Waals surface area (Å²) in [6.45, 7) is 14.8. The Hall–Kier alpha value is -4.06. The van der Waals surface area contributed by atoms with E-state index in [0.29, 0.717) is 29.4 Å². The van der Waals surface area contributed by atoms with Crippen LogP contribution in [0, 0.1) is 6.92 Å². The zero-order chi connectivity index (χ0) is 29.4. The van der Waals surface area contributed by atoms with E-state index in [0.717, 1.165) is 22.3 Å². The van der Waals surface area contributed by atoms with E-state index in [-0.39, 0.29) is 22.7 Å². The summed E-state index contributed by atoms with van der Waals surface area (Å²) < 4.78 is 11.2. The fraction of sp³-hybridized carbons (Fsp3) is 0.353. The topological polar surface area (TPSA) is 76.1 Å². The number of amides is 1. The third-order valence-corrected chi connectivity index (χ3v) is 7.42. The van der Waals surface area contributed by atoms with Crippen LogP contribution >= 0.6 is 0 Å². The van der Waals surface area contributed by atoms with Crippen LogP contribution in [0.3, 0.4) is 0 Å². The molecule has 1 unspecified atom stereocenters. The first kappa shape index (κ1) is 28.9. The van der Waals surface area contributed by atoms with Crippen molar-refractivity contribution in [2.75, 3.05) is 18.6 Å². The summed E-state index contributed by atoms with van der Waals surface area (Å²) in [5.74, 6) is -0.103. The van der Waals surface area contributed by atoms with E-state index < -0.39 is 17.7 Å². The smallest absolute Gasteiger partial charge is 0.300 e. The molecule has 1 fully saturated rings. The van der Waals surface area contributed by atoms with Crippen LogP contribution < -0.4 is 14.4 Å². The number of ketones is 1. The number of nitrogens with zero attached hydrogens (tertiary/aromatic N) is 1. The summed E-state index contributed by atoms with van der Waals surface area (Å²) in [4.78, 5) is 28.8. The fourth-order valence-corrected chi connectivity index (χ4v) is 5.18. The molecule has 0 saturated carbocycles. The summed E-state index contributed by atoms with van der Waals surface area (Å²) in [5, 5.41) is 11.8. The molecule has 1 aliphatic rings. The molecule has 1 N–H and O–H groups in total. The van der Waals surface area contributed by atoms with Crippen molar-refractivity contribution in [2.24, 2.45) is 0 Å². The molecule has 0 radical (unpaired) electrons. The second-order valence-corrected chi connectivity index (χ2v) is 11.5. The van der Waals surface area contributed by atoms with Crippen LogP contribution in [0.4, 0.5) is 5.69 Å². The molecule has 0 spiro atoms. The summed E-state index contributed by atoms with van der Waals surface area (Å²) in [6, 6.07) is 17.9. The summed E-state index contributed by atoms with van der Waals surface area (Å²) in [5.41, 5.74) is 4.55. The van der Waals surface area contributed by atoms with Crippen LogP contribution in [0.5, 0.6) is 11.5 Å². The molecule has 1 saturated heterocycles. The Morgan fingerprint density at radius 2 is 1.62 bits per heavy atom. The second kappa shape index (κ2) is 11.2. The number of hydrogen-bond acceptors (Lipinski definition) is 5. The number of hydrogen-bond donors (Lipinski definition) is 1. The Kier molecular flexibility index (Phi) is 8.10. The lowest BCUT2D eigenvalue weighted by Crippen LogP contribution is -2.29. The molecule has 0 aromatic heterocycles. The average Bonchev–Trinajstić information content (AvgIpc) is 3.18. The number of benzene rings is 3. The average molecular weight is 542 g/mol. The molecule has 1 atom stereocenters. The van der Waals surface area contributed by atoms with Gasteiger partial charge in [-0.3, -0.25) is 14.5 Å². The minimum Gasteiger partial charge on any atom is -0.507 e. The minimum absolute atomic E-state index is 0.0605. The molecule has 1 aliphatic heterocycles. The zero-order valence-electron chi connectivity index (χ0n) is 24.7. The molecule has 3 aromatic rings. The summed E-state index contributed by atoms with van der Waals surface area (Å²) in [7, 11) is 1.61. The highest BCUT2D eigenvalue weighted by atomic mass is 16.5. The van der Waals surface area contributed by atoms with Crippen molar-refractivity contribution >= 4 is 23.1 Å². The van der Waals surface area contributed by atoms with Gasteiger partial charge in [-0.05, 0) is 83.8 Å². The highest BCUT2D eigenvalue weighted by Crippen LogP contribution is 2.44. The Morgan fingerprint density at radius 1 is 1.00 bits per heavy atom. The number of aliphatic hydroxyl groups excluding tert-OH is 1. The van der Waals surface area contributed by atoms with E-state index in [9.17, 15) is 14.7 Å². The number of aryl methyl sites for hydroxylation is 1. The third kappa shape index (κ3) is 5.35. The fourth-order valence-electron chi connectivity index (χ4n) is 5.18. The Morgan fingerprint density at radius 3 is 2.15 bits per heavy atom. The molecule has 4 rings (SSSR count). The van der Waals surface area contributed by atoms with Gasteiger partial charge in [0.05, 0.1) is 25.3 Å². The molecule has 1 heterocycles. The molecule has 0 aliphatic carbocycles. The molecule has 210 valence electrons. The van der Waals surface area contributed by atoms with Gasteiger partial charge in [-0.25, -0.2) is 0 Å². The van der Waals surface area contributed by atoms with E-state index in [2.05, 4.69) is 20.8 Å². The lowest BCUT2D eigenvalue weighted by molar-refractivity contribution is -0.132. The van der Waals surface area contributed by atoms with Crippen molar-refractivity contribution in [1.82, 2.24) is 0 Å². The number of carbonyl (C=O) groups is 2. The van der Waals surface area contributed by atoms with Gasteiger partial charge in [0, 0.05) is 11.3 Å². The van der Waals surface area contributed by atoms with Crippen LogP contribution in [0.25, 0.3) is 5.76 Å². The van der Waals surface area contributed by atoms with E-state index in [1.807, 2.05) is 64.1 Å². The molecular formula is C34H39NO5. The maximum atomic E-state index is 13.7. The normalized spacial score (nSPS) is 17.0. The van der Waals surface area contributed by atoms with E-state index >= 15 is 0 Å². The van der Waals surface area contributed by atoms with Crippen LogP contribution in [-0.4, -0.2) is 30.5 Å². The van der Waals surface area contributed by atoms with Gasteiger partial charge in [-0.15, -0.1) is 0 Å². The third-order valence-electron chi connectivity index (χ3n) is 7.42. The van der Waals surface area contributed by atoms with Crippen molar-refractivity contribution in [3.8, 4) is 11.5 Å². The highest BCUT2D eigenvalue weighted by Gasteiger charge is 2.47. The second-order valence-electron chi connectivity index (χ2n) is 11.5.